The minimum atomic E-state index is -0.284. The summed E-state index contributed by atoms with van der Waals surface area (Å²) in [6.45, 7) is 4.08. The zero-order valence-electron chi connectivity index (χ0n) is 10.0. The Morgan fingerprint density at radius 2 is 2.33 bits per heavy atom. The second kappa shape index (κ2) is 5.18. The maximum atomic E-state index is 11.7. The number of aryl methyl sites for hydroxylation is 1. The van der Waals surface area contributed by atoms with Crippen molar-refractivity contribution in [3.63, 3.8) is 0 Å². The van der Waals surface area contributed by atoms with Crippen LogP contribution in [0.5, 0.6) is 0 Å². The zero-order valence-corrected chi connectivity index (χ0v) is 10.8. The van der Waals surface area contributed by atoms with Gasteiger partial charge in [-0.2, -0.15) is 0 Å². The fourth-order valence-electron chi connectivity index (χ4n) is 1.51. The smallest absolute Gasteiger partial charge is 0.289 e. The topological polar surface area (TPSA) is 68.0 Å². The van der Waals surface area contributed by atoms with E-state index in [4.69, 9.17) is 16.0 Å². The van der Waals surface area contributed by atoms with Gasteiger partial charge < -0.3 is 9.73 Å². The average molecular weight is 266 g/mol. The summed E-state index contributed by atoms with van der Waals surface area (Å²) in [7, 11) is 0. The molecule has 2 aromatic heterocycles. The van der Waals surface area contributed by atoms with E-state index in [1.165, 1.54) is 0 Å². The second-order valence-corrected chi connectivity index (χ2v) is 3.99. The SMILES string of the molecule is CCNC(=O)c1oc(-c2cccnc2Cl)nc1C. The molecule has 0 saturated heterocycles. The molecule has 0 saturated carbocycles. The summed E-state index contributed by atoms with van der Waals surface area (Å²) < 4.78 is 5.45. The number of carbonyl (C=O) groups excluding carboxylic acids is 1. The molecule has 0 aliphatic carbocycles. The van der Waals surface area contributed by atoms with E-state index in [0.29, 0.717) is 28.8 Å². The standard InChI is InChI=1S/C12H12ClN3O2/c1-3-14-11(17)9-7(2)16-12(18-9)8-5-4-6-15-10(8)13/h4-6H,3H2,1-2H3,(H,14,17). The number of nitrogens with zero attached hydrogens (tertiary/aromatic N) is 2. The second-order valence-electron chi connectivity index (χ2n) is 3.63. The molecule has 0 radical (unpaired) electrons. The van der Waals surface area contributed by atoms with Crippen LogP contribution in [0.1, 0.15) is 23.2 Å². The van der Waals surface area contributed by atoms with Gasteiger partial charge in [-0.1, -0.05) is 11.6 Å². The van der Waals surface area contributed by atoms with Gasteiger partial charge in [-0.05, 0) is 26.0 Å². The number of rotatable bonds is 3. The maximum Gasteiger partial charge on any atom is 0.289 e. The van der Waals surface area contributed by atoms with Crippen LogP contribution in [0.15, 0.2) is 22.7 Å². The third-order valence-electron chi connectivity index (χ3n) is 2.33. The van der Waals surface area contributed by atoms with Gasteiger partial charge in [-0.15, -0.1) is 0 Å². The van der Waals surface area contributed by atoms with E-state index in [2.05, 4.69) is 15.3 Å². The molecular formula is C12H12ClN3O2. The molecule has 5 nitrogen and oxygen atoms in total. The van der Waals surface area contributed by atoms with Gasteiger partial charge in [-0.25, -0.2) is 9.97 Å². The summed E-state index contributed by atoms with van der Waals surface area (Å²) in [4.78, 5) is 19.8. The Balaban J connectivity index is 2.41. The van der Waals surface area contributed by atoms with E-state index in [0.717, 1.165) is 0 Å². The number of amides is 1. The maximum absolute atomic E-state index is 11.7. The van der Waals surface area contributed by atoms with E-state index in [-0.39, 0.29) is 11.7 Å². The number of hydrogen-bond donors (Lipinski definition) is 1. The Morgan fingerprint density at radius 3 is 3.00 bits per heavy atom. The van der Waals surface area contributed by atoms with Crippen LogP contribution in [0.4, 0.5) is 0 Å². The molecule has 0 aliphatic heterocycles. The highest BCUT2D eigenvalue weighted by Crippen LogP contribution is 2.26. The lowest BCUT2D eigenvalue weighted by molar-refractivity contribution is 0.0928. The van der Waals surface area contributed by atoms with Gasteiger partial charge in [0.2, 0.25) is 11.7 Å². The van der Waals surface area contributed by atoms with Gasteiger partial charge in [0.15, 0.2) is 0 Å². The number of oxazole rings is 1. The first-order chi connectivity index (χ1) is 8.63. The van der Waals surface area contributed by atoms with E-state index in [1.54, 1.807) is 25.3 Å². The molecule has 0 unspecified atom stereocenters. The van der Waals surface area contributed by atoms with Crippen molar-refractivity contribution in [2.45, 2.75) is 13.8 Å². The molecule has 1 N–H and O–H groups in total. The first kappa shape index (κ1) is 12.6. The molecule has 18 heavy (non-hydrogen) atoms. The van der Waals surface area contributed by atoms with E-state index < -0.39 is 0 Å². The minimum Gasteiger partial charge on any atom is -0.431 e. The summed E-state index contributed by atoms with van der Waals surface area (Å²) in [6.07, 6.45) is 1.58. The van der Waals surface area contributed by atoms with Crippen LogP contribution in [0, 0.1) is 6.92 Å². The van der Waals surface area contributed by atoms with Crippen LogP contribution < -0.4 is 5.32 Å². The molecule has 2 rings (SSSR count). The molecule has 0 spiro atoms. The predicted octanol–water partition coefficient (Wildman–Crippen LogP) is 2.45. The Morgan fingerprint density at radius 1 is 1.56 bits per heavy atom. The number of carbonyl (C=O) groups is 1. The third-order valence-corrected chi connectivity index (χ3v) is 2.63. The van der Waals surface area contributed by atoms with Crippen molar-refractivity contribution in [1.82, 2.24) is 15.3 Å². The Labute approximate surface area is 109 Å². The Bertz CT molecular complexity index is 580. The minimum absolute atomic E-state index is 0.201. The molecule has 94 valence electrons. The molecular weight excluding hydrogens is 254 g/mol. The number of hydrogen-bond acceptors (Lipinski definition) is 4. The van der Waals surface area contributed by atoms with Crippen molar-refractivity contribution in [2.24, 2.45) is 0 Å². The normalized spacial score (nSPS) is 10.4. The molecule has 0 aliphatic rings. The summed E-state index contributed by atoms with van der Waals surface area (Å²) in [5.74, 6) is 0.215. The van der Waals surface area contributed by atoms with Crippen LogP contribution in [0.3, 0.4) is 0 Å². The monoisotopic (exact) mass is 265 g/mol. The largest absolute Gasteiger partial charge is 0.431 e. The van der Waals surface area contributed by atoms with E-state index >= 15 is 0 Å². The Kier molecular flexibility index (Phi) is 3.62. The number of aromatic nitrogens is 2. The number of halogens is 1. The molecule has 2 aromatic rings. The van der Waals surface area contributed by atoms with Crippen molar-refractivity contribution in [1.29, 1.82) is 0 Å². The van der Waals surface area contributed by atoms with Gasteiger partial charge in [0.05, 0.1) is 11.3 Å². The van der Waals surface area contributed by atoms with Crippen LogP contribution in [-0.4, -0.2) is 22.4 Å². The first-order valence-electron chi connectivity index (χ1n) is 5.50. The molecule has 0 aromatic carbocycles. The summed E-state index contributed by atoms with van der Waals surface area (Å²) in [6, 6.07) is 3.47. The summed E-state index contributed by atoms with van der Waals surface area (Å²) >= 11 is 5.95. The van der Waals surface area contributed by atoms with E-state index in [9.17, 15) is 4.79 Å². The van der Waals surface area contributed by atoms with Crippen molar-refractivity contribution in [3.05, 3.63) is 34.9 Å². The van der Waals surface area contributed by atoms with Gasteiger partial charge >= 0.3 is 0 Å². The highest BCUT2D eigenvalue weighted by molar-refractivity contribution is 6.31. The van der Waals surface area contributed by atoms with Crippen molar-refractivity contribution in [3.8, 4) is 11.5 Å². The highest BCUT2D eigenvalue weighted by Gasteiger charge is 2.19. The molecule has 1 amide bonds. The first-order valence-corrected chi connectivity index (χ1v) is 5.87. The van der Waals surface area contributed by atoms with Crippen molar-refractivity contribution >= 4 is 17.5 Å². The van der Waals surface area contributed by atoms with Crippen molar-refractivity contribution < 1.29 is 9.21 Å². The summed E-state index contributed by atoms with van der Waals surface area (Å²) in [5, 5.41) is 2.95. The average Bonchev–Trinajstić information content (AvgIpc) is 2.72. The van der Waals surface area contributed by atoms with Crippen LogP contribution in [0.2, 0.25) is 5.15 Å². The number of pyridine rings is 1. The lowest BCUT2D eigenvalue weighted by Crippen LogP contribution is -2.22. The molecule has 0 atom stereocenters. The van der Waals surface area contributed by atoms with Gasteiger partial charge in [0, 0.05) is 12.7 Å². The summed E-state index contributed by atoms with van der Waals surface area (Å²) in [5.41, 5.74) is 1.09. The van der Waals surface area contributed by atoms with Crippen molar-refractivity contribution in [2.75, 3.05) is 6.54 Å². The Hall–Kier alpha value is -1.88. The van der Waals surface area contributed by atoms with Crippen LogP contribution in [-0.2, 0) is 0 Å². The lowest BCUT2D eigenvalue weighted by atomic mass is 10.3. The fourth-order valence-corrected chi connectivity index (χ4v) is 1.71. The highest BCUT2D eigenvalue weighted by atomic mass is 35.5. The van der Waals surface area contributed by atoms with Crippen LogP contribution in [0.25, 0.3) is 11.5 Å². The lowest BCUT2D eigenvalue weighted by Gasteiger charge is -1.98. The fraction of sp³-hybridized carbons (Fsp3) is 0.250. The predicted molar refractivity (Wildman–Crippen MR) is 67.5 cm³/mol. The number of nitrogens with one attached hydrogen (secondary N) is 1. The van der Waals surface area contributed by atoms with Gasteiger partial charge in [0.1, 0.15) is 5.15 Å². The quantitative estimate of drug-likeness (QED) is 0.866. The van der Waals surface area contributed by atoms with Crippen LogP contribution >= 0.6 is 11.6 Å². The van der Waals surface area contributed by atoms with Gasteiger partial charge in [-0.3, -0.25) is 4.79 Å². The molecule has 2 heterocycles. The van der Waals surface area contributed by atoms with E-state index in [1.807, 2.05) is 6.92 Å². The zero-order chi connectivity index (χ0) is 13.1. The molecule has 6 heteroatoms. The molecule has 0 bridgehead atoms. The third kappa shape index (κ3) is 2.36. The van der Waals surface area contributed by atoms with Gasteiger partial charge in [0.25, 0.3) is 5.91 Å². The molecule has 0 fully saturated rings.